The van der Waals surface area contributed by atoms with E-state index >= 15 is 0 Å². The number of carbonyl (C=O) groups is 2. The van der Waals surface area contributed by atoms with Gasteiger partial charge >= 0.3 is 0 Å². The van der Waals surface area contributed by atoms with Crippen molar-refractivity contribution in [3.05, 3.63) is 100 Å². The number of benzene rings is 3. The summed E-state index contributed by atoms with van der Waals surface area (Å²) in [6.45, 7) is 3.95. The van der Waals surface area contributed by atoms with Crippen LogP contribution in [0.1, 0.15) is 49.9 Å². The second-order valence-corrected chi connectivity index (χ2v) is 9.32. The van der Waals surface area contributed by atoms with E-state index in [-0.39, 0.29) is 36.8 Å². The highest BCUT2D eigenvalue weighted by atomic mass is 35.5. The number of nitrogens with one attached hydrogen (secondary N) is 2. The molecule has 8 heteroatoms. The van der Waals surface area contributed by atoms with Crippen molar-refractivity contribution in [2.24, 2.45) is 0 Å². The Morgan fingerprint density at radius 2 is 1.84 bits per heavy atom. The Hall–Kier alpha value is -3.39. The van der Waals surface area contributed by atoms with Gasteiger partial charge in [-0.1, -0.05) is 54.6 Å². The van der Waals surface area contributed by atoms with Crippen LogP contribution < -0.4 is 15.4 Å². The molecule has 5 rings (SSSR count). The molecule has 0 saturated carbocycles. The number of ether oxygens (including phenoxy) is 1. The Bertz CT molecular complexity index is 1270. The lowest BCUT2D eigenvalue weighted by Crippen LogP contribution is -2.49. The van der Waals surface area contributed by atoms with Crippen molar-refractivity contribution in [3.63, 3.8) is 0 Å². The molecule has 2 amide bonds. The van der Waals surface area contributed by atoms with Crippen LogP contribution in [0.3, 0.4) is 0 Å². The summed E-state index contributed by atoms with van der Waals surface area (Å²) in [7, 11) is 0. The third-order valence-corrected chi connectivity index (χ3v) is 6.89. The van der Waals surface area contributed by atoms with E-state index in [0.29, 0.717) is 49.5 Å². The maximum absolute atomic E-state index is 13.2. The van der Waals surface area contributed by atoms with E-state index in [9.17, 15) is 14.7 Å². The minimum atomic E-state index is -0.741. The highest BCUT2D eigenvalue weighted by Gasteiger charge is 2.31. The Labute approximate surface area is 223 Å². The van der Waals surface area contributed by atoms with Gasteiger partial charge in [-0.25, -0.2) is 0 Å². The molecule has 2 atom stereocenters. The lowest BCUT2D eigenvalue weighted by molar-refractivity contribution is 0.0766. The van der Waals surface area contributed by atoms with Gasteiger partial charge in [-0.3, -0.25) is 9.59 Å². The molecule has 0 saturated heterocycles. The number of aliphatic hydroxyl groups excluding tert-OH is 1. The van der Waals surface area contributed by atoms with Gasteiger partial charge in [0, 0.05) is 37.8 Å². The number of carbonyl (C=O) groups excluding carboxylic acids is 2. The van der Waals surface area contributed by atoms with Gasteiger partial charge in [-0.15, -0.1) is 12.4 Å². The van der Waals surface area contributed by atoms with Crippen LogP contribution in [0.2, 0.25) is 0 Å². The zero-order valence-corrected chi connectivity index (χ0v) is 21.6. The first-order chi connectivity index (χ1) is 17.5. The molecule has 0 bridgehead atoms. The number of fused-ring (bicyclic) bond motifs is 2. The predicted octanol–water partition coefficient (Wildman–Crippen LogP) is 3.47. The number of amides is 2. The minimum absolute atomic E-state index is 0. The molecule has 0 spiro atoms. The Morgan fingerprint density at radius 1 is 1.11 bits per heavy atom. The van der Waals surface area contributed by atoms with E-state index in [1.54, 1.807) is 17.0 Å². The summed E-state index contributed by atoms with van der Waals surface area (Å²) in [4.78, 5) is 28.0. The molecular formula is C29H32ClN3O4. The van der Waals surface area contributed by atoms with E-state index < -0.39 is 6.10 Å². The van der Waals surface area contributed by atoms with Gasteiger partial charge in [-0.2, -0.15) is 0 Å². The number of hydrogen-bond donors (Lipinski definition) is 3. The van der Waals surface area contributed by atoms with Crippen LogP contribution >= 0.6 is 12.4 Å². The first kappa shape index (κ1) is 26.7. The molecule has 0 radical (unpaired) electrons. The Kier molecular flexibility index (Phi) is 8.48. The van der Waals surface area contributed by atoms with Crippen LogP contribution in [0, 0.1) is 0 Å². The van der Waals surface area contributed by atoms with Crippen molar-refractivity contribution >= 4 is 24.2 Å². The van der Waals surface area contributed by atoms with E-state index in [4.69, 9.17) is 4.74 Å². The SMILES string of the molecule is CCOc1cc2c(cc1C(=O)NCC(O)[C@@H]1Cc3ccccc3CN1)CN(Cc1ccccc1)C2=O.Cl. The molecule has 194 valence electrons. The van der Waals surface area contributed by atoms with Crippen LogP contribution in [0.5, 0.6) is 5.75 Å². The van der Waals surface area contributed by atoms with Crippen LogP contribution in [-0.4, -0.2) is 47.1 Å². The van der Waals surface area contributed by atoms with Gasteiger partial charge in [0.2, 0.25) is 0 Å². The summed E-state index contributed by atoms with van der Waals surface area (Å²) in [6, 6.07) is 21.3. The molecule has 0 aliphatic carbocycles. The summed E-state index contributed by atoms with van der Waals surface area (Å²) < 4.78 is 5.74. The highest BCUT2D eigenvalue weighted by molar-refractivity contribution is 6.03. The molecule has 2 aliphatic rings. The smallest absolute Gasteiger partial charge is 0.255 e. The van der Waals surface area contributed by atoms with Crippen molar-refractivity contribution in [3.8, 4) is 5.75 Å². The molecule has 0 aromatic heterocycles. The lowest BCUT2D eigenvalue weighted by atomic mass is 9.93. The van der Waals surface area contributed by atoms with Crippen LogP contribution in [0.4, 0.5) is 0 Å². The quantitative estimate of drug-likeness (QED) is 0.422. The van der Waals surface area contributed by atoms with Crippen LogP contribution in [0.15, 0.2) is 66.7 Å². The number of nitrogens with zero attached hydrogens (tertiary/aromatic N) is 1. The number of aliphatic hydroxyl groups is 1. The summed E-state index contributed by atoms with van der Waals surface area (Å²) >= 11 is 0. The fourth-order valence-electron chi connectivity index (χ4n) is 4.97. The standard InChI is InChI=1S/C29H31N3O4.ClH/c1-2-36-27-14-23-22(18-32(29(23)35)17-19-8-4-3-5-9-19)12-24(27)28(34)31-16-26(33)25-13-20-10-6-7-11-21(20)15-30-25;/h3-12,14,25-26,30,33H,2,13,15-18H2,1H3,(H,31,34);1H/t25-,26?;/m0./s1. The monoisotopic (exact) mass is 521 g/mol. The fourth-order valence-corrected chi connectivity index (χ4v) is 4.97. The fraction of sp³-hybridized carbons (Fsp3) is 0.310. The number of rotatable bonds is 8. The first-order valence-electron chi connectivity index (χ1n) is 12.4. The average Bonchev–Trinajstić information content (AvgIpc) is 3.21. The zero-order chi connectivity index (χ0) is 25.1. The van der Waals surface area contributed by atoms with Crippen molar-refractivity contribution in [1.29, 1.82) is 0 Å². The van der Waals surface area contributed by atoms with Gasteiger partial charge in [0.15, 0.2) is 0 Å². The molecule has 0 fully saturated rings. The molecule has 3 aromatic carbocycles. The van der Waals surface area contributed by atoms with Gasteiger partial charge < -0.3 is 25.4 Å². The molecular weight excluding hydrogens is 490 g/mol. The van der Waals surface area contributed by atoms with Gasteiger partial charge in [0.25, 0.3) is 11.8 Å². The lowest BCUT2D eigenvalue weighted by Gasteiger charge is -2.30. The Morgan fingerprint density at radius 3 is 2.59 bits per heavy atom. The summed E-state index contributed by atoms with van der Waals surface area (Å²) in [5.74, 6) is -0.0193. The zero-order valence-electron chi connectivity index (χ0n) is 20.8. The predicted molar refractivity (Wildman–Crippen MR) is 144 cm³/mol. The second kappa shape index (κ2) is 11.8. The maximum Gasteiger partial charge on any atom is 0.255 e. The van der Waals surface area contributed by atoms with E-state index in [1.807, 2.05) is 49.4 Å². The van der Waals surface area contributed by atoms with E-state index in [0.717, 1.165) is 11.1 Å². The van der Waals surface area contributed by atoms with Gasteiger partial charge in [0.05, 0.1) is 18.3 Å². The normalized spacial score (nSPS) is 16.9. The molecule has 3 aromatic rings. The molecule has 7 nitrogen and oxygen atoms in total. The summed E-state index contributed by atoms with van der Waals surface area (Å²) in [5.41, 5.74) is 5.24. The number of halogens is 1. The van der Waals surface area contributed by atoms with Crippen molar-refractivity contribution < 1.29 is 19.4 Å². The molecule has 3 N–H and O–H groups in total. The van der Waals surface area contributed by atoms with Crippen LogP contribution in [-0.2, 0) is 26.1 Å². The summed E-state index contributed by atoms with van der Waals surface area (Å²) in [5, 5.41) is 17.0. The maximum atomic E-state index is 13.2. The van der Waals surface area contributed by atoms with Crippen molar-refractivity contribution in [2.45, 2.75) is 45.1 Å². The van der Waals surface area contributed by atoms with Gasteiger partial charge in [-0.05, 0) is 47.7 Å². The third kappa shape index (κ3) is 5.80. The van der Waals surface area contributed by atoms with Crippen molar-refractivity contribution in [2.75, 3.05) is 13.2 Å². The van der Waals surface area contributed by atoms with Gasteiger partial charge in [0.1, 0.15) is 5.75 Å². The highest BCUT2D eigenvalue weighted by Crippen LogP contribution is 2.31. The number of hydrogen-bond acceptors (Lipinski definition) is 5. The van der Waals surface area contributed by atoms with Crippen LogP contribution in [0.25, 0.3) is 0 Å². The largest absolute Gasteiger partial charge is 0.493 e. The average molecular weight is 522 g/mol. The van der Waals surface area contributed by atoms with Crippen molar-refractivity contribution in [1.82, 2.24) is 15.5 Å². The first-order valence-corrected chi connectivity index (χ1v) is 12.4. The molecule has 37 heavy (non-hydrogen) atoms. The molecule has 2 aliphatic heterocycles. The van der Waals surface area contributed by atoms with E-state index in [1.165, 1.54) is 11.1 Å². The second-order valence-electron chi connectivity index (χ2n) is 9.32. The minimum Gasteiger partial charge on any atom is -0.493 e. The summed E-state index contributed by atoms with van der Waals surface area (Å²) in [6.07, 6.45) is -0.0366. The Balaban J connectivity index is 0.00000320. The molecule has 1 unspecified atom stereocenters. The van der Waals surface area contributed by atoms with E-state index in [2.05, 4.69) is 22.8 Å². The third-order valence-electron chi connectivity index (χ3n) is 6.89. The molecule has 2 heterocycles. The topological polar surface area (TPSA) is 90.9 Å².